The number of carbonyl (C=O) groups excluding carboxylic acids is 1. The maximum absolute atomic E-state index is 14.5. The van der Waals surface area contributed by atoms with Crippen molar-refractivity contribution in [2.75, 3.05) is 44.7 Å². The standard InChI is InChI=1S/C32H37F2N7O/c1-36-32(42)40-12-7-22-14-24(21-5-10-39(11-6-21)13-8-35)16-30(28(22)20-40)41-9-3-4-23-15-26(25-18-37-38(2)19-25)27(31(33)34)17-29(23)41/h14-19,21,31H,3-7,9-13,20H2,1-2H3,(H,36,42). The number of piperidine rings is 1. The van der Waals surface area contributed by atoms with Crippen LogP contribution in [0.3, 0.4) is 0 Å². The number of fused-ring (bicyclic) bond motifs is 2. The molecule has 0 spiro atoms. The molecule has 3 aliphatic rings. The zero-order chi connectivity index (χ0) is 29.4. The molecular formula is C32H37F2N7O. The molecule has 3 aliphatic heterocycles. The van der Waals surface area contributed by atoms with Crippen LogP contribution < -0.4 is 10.2 Å². The van der Waals surface area contributed by atoms with Crippen LogP contribution in [-0.4, -0.2) is 65.4 Å². The summed E-state index contributed by atoms with van der Waals surface area (Å²) in [7, 11) is 3.43. The van der Waals surface area contributed by atoms with Gasteiger partial charge >= 0.3 is 6.03 Å². The molecule has 2 aromatic carbocycles. The van der Waals surface area contributed by atoms with Gasteiger partial charge in [0, 0.05) is 62.4 Å². The lowest BCUT2D eigenvalue weighted by molar-refractivity contribution is 0.152. The van der Waals surface area contributed by atoms with Crippen molar-refractivity contribution in [3.63, 3.8) is 0 Å². The van der Waals surface area contributed by atoms with Crippen LogP contribution in [0.5, 0.6) is 0 Å². The fourth-order valence-corrected chi connectivity index (χ4v) is 6.89. The highest BCUT2D eigenvalue weighted by Gasteiger charge is 2.31. The fraction of sp³-hybridized carbons (Fsp3) is 0.469. The van der Waals surface area contributed by atoms with Gasteiger partial charge in [0.25, 0.3) is 6.43 Å². The Balaban J connectivity index is 1.44. The highest BCUT2D eigenvalue weighted by atomic mass is 19.3. The number of amides is 2. The van der Waals surface area contributed by atoms with Crippen LogP contribution in [-0.2, 0) is 26.4 Å². The molecule has 1 saturated heterocycles. The van der Waals surface area contributed by atoms with Gasteiger partial charge in [0.15, 0.2) is 0 Å². The number of nitrogens with one attached hydrogen (secondary N) is 1. The van der Waals surface area contributed by atoms with Crippen molar-refractivity contribution in [2.24, 2.45) is 7.05 Å². The van der Waals surface area contributed by atoms with Crippen LogP contribution in [0, 0.1) is 11.3 Å². The number of nitrogens with zero attached hydrogens (tertiary/aromatic N) is 6. The average molecular weight is 574 g/mol. The van der Waals surface area contributed by atoms with Gasteiger partial charge in [0.05, 0.1) is 18.8 Å². The number of anilines is 2. The highest BCUT2D eigenvalue weighted by Crippen LogP contribution is 2.44. The second kappa shape index (κ2) is 11.7. The molecule has 3 aromatic rings. The van der Waals surface area contributed by atoms with E-state index in [-0.39, 0.29) is 11.6 Å². The average Bonchev–Trinajstić information content (AvgIpc) is 3.45. The summed E-state index contributed by atoms with van der Waals surface area (Å²) < 4.78 is 30.7. The quantitative estimate of drug-likeness (QED) is 0.407. The van der Waals surface area contributed by atoms with Gasteiger partial charge in [-0.15, -0.1) is 0 Å². The summed E-state index contributed by atoms with van der Waals surface area (Å²) in [5.74, 6) is 0.370. The number of alkyl halides is 2. The number of carbonyl (C=O) groups is 1. The van der Waals surface area contributed by atoms with E-state index < -0.39 is 6.43 Å². The number of hydrogen-bond donors (Lipinski definition) is 1. The van der Waals surface area contributed by atoms with Crippen LogP contribution in [0.25, 0.3) is 11.1 Å². The third-order valence-corrected chi connectivity index (χ3v) is 9.11. The monoisotopic (exact) mass is 573 g/mol. The number of rotatable bonds is 5. The summed E-state index contributed by atoms with van der Waals surface area (Å²) in [6, 6.07) is 10.3. The molecule has 6 rings (SSSR count). The Morgan fingerprint density at radius 1 is 1.10 bits per heavy atom. The SMILES string of the molecule is CNC(=O)N1CCc2cc(C3CCN(CC#N)CC3)cc(N3CCCc4cc(-c5cnn(C)c5)c(C(F)F)cc43)c2C1. The van der Waals surface area contributed by atoms with Gasteiger partial charge < -0.3 is 15.1 Å². The molecule has 42 heavy (non-hydrogen) atoms. The van der Waals surface area contributed by atoms with Crippen molar-refractivity contribution in [1.29, 1.82) is 5.26 Å². The molecule has 1 aromatic heterocycles. The predicted molar refractivity (Wildman–Crippen MR) is 158 cm³/mol. The molecule has 2 amide bonds. The number of benzene rings is 2. The second-order valence-electron chi connectivity index (χ2n) is 11.6. The Morgan fingerprint density at radius 3 is 2.60 bits per heavy atom. The Morgan fingerprint density at radius 2 is 1.90 bits per heavy atom. The molecule has 1 fully saturated rings. The van der Waals surface area contributed by atoms with Crippen LogP contribution in [0.2, 0.25) is 0 Å². The van der Waals surface area contributed by atoms with Crippen molar-refractivity contribution < 1.29 is 13.6 Å². The van der Waals surface area contributed by atoms with Gasteiger partial charge in [0.1, 0.15) is 0 Å². The first kappa shape index (κ1) is 28.2. The van der Waals surface area contributed by atoms with E-state index in [0.29, 0.717) is 36.7 Å². The molecular weight excluding hydrogens is 536 g/mol. The molecule has 0 aliphatic carbocycles. The summed E-state index contributed by atoms with van der Waals surface area (Å²) in [6.07, 6.45) is 5.21. The zero-order valence-electron chi connectivity index (χ0n) is 24.2. The smallest absolute Gasteiger partial charge is 0.317 e. The van der Waals surface area contributed by atoms with E-state index in [9.17, 15) is 13.6 Å². The van der Waals surface area contributed by atoms with E-state index >= 15 is 0 Å². The van der Waals surface area contributed by atoms with Crippen molar-refractivity contribution in [2.45, 2.75) is 51.0 Å². The van der Waals surface area contributed by atoms with Gasteiger partial charge in [-0.3, -0.25) is 9.58 Å². The minimum atomic E-state index is -2.63. The number of hydrogen-bond acceptors (Lipinski definition) is 5. The molecule has 8 nitrogen and oxygen atoms in total. The van der Waals surface area contributed by atoms with Gasteiger partial charge in [-0.2, -0.15) is 10.4 Å². The van der Waals surface area contributed by atoms with E-state index in [4.69, 9.17) is 5.26 Å². The molecule has 4 heterocycles. The van der Waals surface area contributed by atoms with Crippen molar-refractivity contribution >= 4 is 17.4 Å². The largest absolute Gasteiger partial charge is 0.341 e. The molecule has 0 unspecified atom stereocenters. The predicted octanol–water partition coefficient (Wildman–Crippen LogP) is 5.51. The van der Waals surface area contributed by atoms with E-state index in [2.05, 4.69) is 38.4 Å². The number of aromatic nitrogens is 2. The minimum absolute atomic E-state index is 0.00974. The normalized spacial score (nSPS) is 17.6. The lowest BCUT2D eigenvalue weighted by Crippen LogP contribution is -2.42. The summed E-state index contributed by atoms with van der Waals surface area (Å²) in [5, 5.41) is 16.1. The highest BCUT2D eigenvalue weighted by molar-refractivity contribution is 5.79. The van der Waals surface area contributed by atoms with Crippen molar-refractivity contribution in [3.05, 3.63) is 64.5 Å². The number of likely N-dealkylation sites (tertiary alicyclic amines) is 1. The number of urea groups is 1. The Labute approximate surface area is 245 Å². The third kappa shape index (κ3) is 5.34. The fourth-order valence-electron chi connectivity index (χ4n) is 6.89. The van der Waals surface area contributed by atoms with Gasteiger partial charge in [0.2, 0.25) is 0 Å². The molecule has 0 bridgehead atoms. The molecule has 0 saturated carbocycles. The van der Waals surface area contributed by atoms with Crippen LogP contribution >= 0.6 is 0 Å². The maximum Gasteiger partial charge on any atom is 0.317 e. The van der Waals surface area contributed by atoms with E-state index in [1.54, 1.807) is 37.2 Å². The zero-order valence-corrected chi connectivity index (χ0v) is 24.2. The van der Waals surface area contributed by atoms with Crippen LogP contribution in [0.4, 0.5) is 25.0 Å². The van der Waals surface area contributed by atoms with Crippen LogP contribution in [0.1, 0.15) is 59.4 Å². The van der Waals surface area contributed by atoms with E-state index in [0.717, 1.165) is 74.2 Å². The summed E-state index contributed by atoms with van der Waals surface area (Å²) in [6.45, 7) is 4.06. The molecule has 220 valence electrons. The first-order chi connectivity index (χ1) is 20.4. The lowest BCUT2D eigenvalue weighted by atomic mass is 9.84. The van der Waals surface area contributed by atoms with Gasteiger partial charge in [-0.25, -0.2) is 13.6 Å². The molecule has 0 radical (unpaired) electrons. The summed E-state index contributed by atoms with van der Waals surface area (Å²) in [5.41, 5.74) is 7.72. The Bertz CT molecular complexity index is 1520. The van der Waals surface area contributed by atoms with E-state index in [1.807, 2.05) is 11.0 Å². The van der Waals surface area contributed by atoms with Gasteiger partial charge in [-0.05, 0) is 97.1 Å². The Hall–Kier alpha value is -3.97. The number of aryl methyl sites for hydroxylation is 2. The number of halogens is 2. The van der Waals surface area contributed by atoms with Crippen LogP contribution in [0.15, 0.2) is 36.7 Å². The lowest BCUT2D eigenvalue weighted by Gasteiger charge is -2.38. The second-order valence-corrected chi connectivity index (χ2v) is 11.6. The molecule has 10 heteroatoms. The Kier molecular flexibility index (Phi) is 7.86. The van der Waals surface area contributed by atoms with E-state index in [1.165, 1.54) is 11.1 Å². The first-order valence-corrected chi connectivity index (χ1v) is 14.8. The minimum Gasteiger partial charge on any atom is -0.341 e. The topological polar surface area (TPSA) is 80.4 Å². The maximum atomic E-state index is 14.5. The van der Waals surface area contributed by atoms with Crippen molar-refractivity contribution in [3.8, 4) is 17.2 Å². The first-order valence-electron chi connectivity index (χ1n) is 14.8. The van der Waals surface area contributed by atoms with Crippen molar-refractivity contribution in [1.82, 2.24) is 24.9 Å². The summed E-state index contributed by atoms with van der Waals surface area (Å²) >= 11 is 0. The number of nitriles is 1. The third-order valence-electron chi connectivity index (χ3n) is 9.11. The molecule has 0 atom stereocenters. The molecule has 1 N–H and O–H groups in total. The van der Waals surface area contributed by atoms with Gasteiger partial charge in [-0.1, -0.05) is 6.07 Å². The summed E-state index contributed by atoms with van der Waals surface area (Å²) in [4.78, 5) is 18.9.